The van der Waals surface area contributed by atoms with Crippen molar-refractivity contribution in [3.63, 3.8) is 0 Å². The maximum atomic E-state index is 13.8. The molecule has 10 heteroatoms. The molecule has 0 aromatic heterocycles. The number of likely N-dealkylation sites (tertiary alicyclic amines) is 1. The summed E-state index contributed by atoms with van der Waals surface area (Å²) in [5, 5.41) is 1.46. The number of hydrogen-bond acceptors (Lipinski definition) is 4. The van der Waals surface area contributed by atoms with E-state index in [4.69, 9.17) is 4.74 Å². The third-order valence-corrected chi connectivity index (χ3v) is 7.20. The number of nitrogens with one attached hydrogen (secondary N) is 1. The van der Waals surface area contributed by atoms with Gasteiger partial charge < -0.3 is 15.0 Å². The number of hydrogen-bond donors (Lipinski definition) is 1. The van der Waals surface area contributed by atoms with Gasteiger partial charge in [0.05, 0.1) is 18.8 Å². The van der Waals surface area contributed by atoms with Crippen LogP contribution in [0.25, 0.3) is 0 Å². The Kier molecular flexibility index (Phi) is 18.2. The fourth-order valence-electron chi connectivity index (χ4n) is 4.28. The van der Waals surface area contributed by atoms with E-state index in [0.29, 0.717) is 56.0 Å². The summed E-state index contributed by atoms with van der Waals surface area (Å²) in [5.74, 6) is 0.248. The van der Waals surface area contributed by atoms with Crippen LogP contribution in [0.4, 0.5) is 8.78 Å². The number of benzene rings is 1. The normalized spacial score (nSPS) is 19.9. The summed E-state index contributed by atoms with van der Waals surface area (Å²) in [4.78, 5) is 29.5. The van der Waals surface area contributed by atoms with Gasteiger partial charge >= 0.3 is 0 Å². The summed E-state index contributed by atoms with van der Waals surface area (Å²) in [6.07, 6.45) is 13.6. The molecule has 1 aliphatic carbocycles. The molecule has 6 nitrogen and oxygen atoms in total. The Hall–Kier alpha value is -2.09. The first-order chi connectivity index (χ1) is 18.9. The Morgan fingerprint density at radius 2 is 1.90 bits per heavy atom. The SMILES string of the molecule is C#C.CCC(=O)NCCOC1CCN(C(=O)CC)C1c1[c-]c(C)cc(F)c1.CN=C(/C=C(\C)C(C)(F)P)C1CC1.[Cr]. The van der Waals surface area contributed by atoms with Gasteiger partial charge in [-0.3, -0.25) is 14.6 Å². The van der Waals surface area contributed by atoms with E-state index in [9.17, 15) is 18.4 Å². The van der Waals surface area contributed by atoms with Crippen molar-refractivity contribution in [2.45, 2.75) is 84.3 Å². The Labute approximate surface area is 258 Å². The van der Waals surface area contributed by atoms with Crippen LogP contribution in [0.5, 0.6) is 0 Å². The molecule has 2 amide bonds. The summed E-state index contributed by atoms with van der Waals surface area (Å²) < 4.78 is 33.2. The minimum Gasteiger partial charge on any atom is -0.374 e. The largest absolute Gasteiger partial charge is 0.374 e. The summed E-state index contributed by atoms with van der Waals surface area (Å²) >= 11 is 0. The third kappa shape index (κ3) is 13.2. The van der Waals surface area contributed by atoms with E-state index in [1.807, 2.05) is 13.0 Å². The van der Waals surface area contributed by atoms with Crippen molar-refractivity contribution < 1.29 is 40.5 Å². The van der Waals surface area contributed by atoms with Crippen LogP contribution in [0.1, 0.15) is 77.0 Å². The Bertz CT molecular complexity index is 1050. The second kappa shape index (κ2) is 19.2. The molecule has 0 spiro atoms. The number of amides is 2. The van der Waals surface area contributed by atoms with Crippen molar-refractivity contribution in [3.05, 3.63) is 46.8 Å². The van der Waals surface area contributed by atoms with Crippen LogP contribution in [0.2, 0.25) is 0 Å². The molecule has 2 aliphatic rings. The van der Waals surface area contributed by atoms with E-state index in [0.717, 1.165) is 11.3 Å². The molecule has 4 unspecified atom stereocenters. The number of terminal acetylenes is 1. The quantitative estimate of drug-likeness (QED) is 0.118. The topological polar surface area (TPSA) is 71.0 Å². The molecule has 2 fully saturated rings. The predicted octanol–water partition coefficient (Wildman–Crippen LogP) is 5.75. The van der Waals surface area contributed by atoms with Crippen LogP contribution < -0.4 is 5.32 Å². The van der Waals surface area contributed by atoms with Gasteiger partial charge in [0, 0.05) is 67.8 Å². The Morgan fingerprint density at radius 1 is 1.27 bits per heavy atom. The molecule has 41 heavy (non-hydrogen) atoms. The van der Waals surface area contributed by atoms with Crippen molar-refractivity contribution in [2.75, 3.05) is 26.7 Å². The van der Waals surface area contributed by atoms with Gasteiger partial charge in [0.25, 0.3) is 0 Å². The maximum Gasteiger partial charge on any atom is 0.222 e. The molecule has 228 valence electrons. The third-order valence-electron chi connectivity index (χ3n) is 6.74. The first-order valence-corrected chi connectivity index (χ1v) is 14.3. The van der Waals surface area contributed by atoms with Gasteiger partial charge in [-0.05, 0) is 44.8 Å². The first-order valence-electron chi connectivity index (χ1n) is 13.7. The summed E-state index contributed by atoms with van der Waals surface area (Å²) in [6, 6.07) is 5.66. The molecular formula is C31H45CrF2N3O3P-. The zero-order valence-electron chi connectivity index (χ0n) is 25.1. The summed E-state index contributed by atoms with van der Waals surface area (Å²) in [7, 11) is 3.98. The van der Waals surface area contributed by atoms with Crippen LogP contribution in [0.3, 0.4) is 0 Å². The molecule has 3 rings (SSSR count). The molecule has 1 N–H and O–H groups in total. The number of carbonyl (C=O) groups is 2. The van der Waals surface area contributed by atoms with Crippen LogP contribution in [0.15, 0.2) is 28.8 Å². The second-order valence-corrected chi connectivity index (χ2v) is 11.1. The zero-order chi connectivity index (χ0) is 30.5. The van der Waals surface area contributed by atoms with Crippen molar-refractivity contribution >= 4 is 26.8 Å². The van der Waals surface area contributed by atoms with Gasteiger partial charge in [-0.15, -0.1) is 30.5 Å². The molecule has 4 atom stereocenters. The maximum absolute atomic E-state index is 13.8. The molecule has 1 saturated heterocycles. The molecule has 1 aliphatic heterocycles. The average molecular weight is 629 g/mol. The van der Waals surface area contributed by atoms with E-state index in [1.54, 1.807) is 39.6 Å². The zero-order valence-corrected chi connectivity index (χ0v) is 27.6. The molecule has 1 saturated carbocycles. The number of rotatable bonds is 10. The smallest absolute Gasteiger partial charge is 0.222 e. The van der Waals surface area contributed by atoms with Gasteiger partial charge in [0.2, 0.25) is 11.8 Å². The number of aliphatic imine (C=N–C) groups is 1. The summed E-state index contributed by atoms with van der Waals surface area (Å²) in [6.45, 7) is 10.1. The molecule has 0 radical (unpaired) electrons. The molecule has 1 aromatic rings. The standard InChI is InChI=1S/C19H26FN2O3.C10H17FNP.C2H2.Cr/c1-4-17(23)21-7-9-25-16-6-8-22(18(24)5-2)19(16)14-10-13(3)11-15(20)12-14;1-7(10(2,11)13)6-9(12-3)8-4-5-8;1-2;/h11-12,16,19H,4-9H2,1-3H3,(H,21,23);6,8H,4-5,13H2,1-3H3;1-2H;/q-1;;;/b;7-6+,12-9?;;. The fourth-order valence-corrected chi connectivity index (χ4v) is 4.36. The van der Waals surface area contributed by atoms with Crippen LogP contribution in [0, 0.1) is 37.6 Å². The van der Waals surface area contributed by atoms with E-state index in [2.05, 4.69) is 38.5 Å². The van der Waals surface area contributed by atoms with Crippen molar-refractivity contribution in [2.24, 2.45) is 10.9 Å². The molecule has 1 aromatic carbocycles. The number of ether oxygens (including phenoxy) is 1. The Morgan fingerprint density at radius 3 is 2.39 bits per heavy atom. The second-order valence-electron chi connectivity index (χ2n) is 10.0. The van der Waals surface area contributed by atoms with Gasteiger partial charge in [-0.25, -0.2) is 8.78 Å². The van der Waals surface area contributed by atoms with E-state index >= 15 is 0 Å². The van der Waals surface area contributed by atoms with E-state index in [1.165, 1.54) is 25.0 Å². The van der Waals surface area contributed by atoms with Crippen molar-refractivity contribution in [1.29, 1.82) is 0 Å². The number of aryl methyl sites for hydroxylation is 1. The molecule has 1 heterocycles. The number of halogens is 2. The van der Waals surface area contributed by atoms with Crippen LogP contribution >= 0.6 is 9.24 Å². The van der Waals surface area contributed by atoms with Crippen LogP contribution in [-0.4, -0.2) is 60.7 Å². The monoisotopic (exact) mass is 628 g/mol. The van der Waals surface area contributed by atoms with Gasteiger partial charge in [0.1, 0.15) is 5.41 Å². The van der Waals surface area contributed by atoms with Gasteiger partial charge in [-0.2, -0.15) is 11.6 Å². The number of carbonyl (C=O) groups excluding carboxylic acids is 2. The van der Waals surface area contributed by atoms with Crippen molar-refractivity contribution in [1.82, 2.24) is 10.2 Å². The Balaban J connectivity index is 0.000000846. The number of nitrogens with zero attached hydrogens (tertiary/aromatic N) is 2. The fraction of sp³-hybridized carbons (Fsp3) is 0.581. The van der Waals surface area contributed by atoms with Crippen molar-refractivity contribution in [3.8, 4) is 12.8 Å². The average Bonchev–Trinajstić information content (AvgIpc) is 3.67. The minimum absolute atomic E-state index is 0. The van der Waals surface area contributed by atoms with Gasteiger partial charge in [-0.1, -0.05) is 30.0 Å². The summed E-state index contributed by atoms with van der Waals surface area (Å²) in [5.41, 5.74) is 3.10. The number of alkyl halides is 1. The number of allylic oxidation sites excluding steroid dienone is 2. The minimum atomic E-state index is -1.30. The first kappa shape index (κ1) is 38.9. The van der Waals surface area contributed by atoms with Crippen LogP contribution in [-0.2, 0) is 31.7 Å². The predicted molar refractivity (Wildman–Crippen MR) is 161 cm³/mol. The van der Waals surface area contributed by atoms with E-state index in [-0.39, 0.29) is 47.1 Å². The van der Waals surface area contributed by atoms with E-state index < -0.39 is 5.41 Å². The molecular weight excluding hydrogens is 583 g/mol. The van der Waals surface area contributed by atoms with Gasteiger partial charge in [0.15, 0.2) is 0 Å². The molecule has 0 bridgehead atoms.